The zero-order valence-corrected chi connectivity index (χ0v) is 19.6. The van der Waals surface area contributed by atoms with Crippen molar-refractivity contribution < 1.29 is 30.8 Å². The quantitative estimate of drug-likeness (QED) is 0.200. The van der Waals surface area contributed by atoms with E-state index in [0.29, 0.717) is 23.4 Å². The molecule has 3 aromatic rings. The lowest BCUT2D eigenvalue weighted by atomic mass is 9.71. The topological polar surface area (TPSA) is 12.9 Å². The summed E-state index contributed by atoms with van der Waals surface area (Å²) in [5, 5.41) is 1.03. The van der Waals surface area contributed by atoms with E-state index in [-0.39, 0.29) is 30.1 Å². The summed E-state index contributed by atoms with van der Waals surface area (Å²) in [6, 6.07) is 11.8. The van der Waals surface area contributed by atoms with Gasteiger partial charge in [-0.15, -0.1) is 6.58 Å². The van der Waals surface area contributed by atoms with Gasteiger partial charge in [-0.1, -0.05) is 24.3 Å². The Bertz CT molecular complexity index is 1240. The normalized spacial score (nSPS) is 26.3. The van der Waals surface area contributed by atoms with E-state index in [0.717, 1.165) is 48.0 Å². The second-order valence-corrected chi connectivity index (χ2v) is 10.2. The van der Waals surface area contributed by atoms with Gasteiger partial charge < -0.3 is 4.48 Å². The summed E-state index contributed by atoms with van der Waals surface area (Å²) in [7, 11) is 0. The Kier molecular flexibility index (Phi) is 6.14. The number of hydrogen-bond acceptors (Lipinski definition) is 1. The largest absolute Gasteiger partial charge is 0.416 e. The molecule has 4 heterocycles. The Labute approximate surface area is 205 Å². The van der Waals surface area contributed by atoms with E-state index in [1.54, 1.807) is 6.20 Å². The molecule has 1 aromatic heterocycles. The molecule has 2 aromatic carbocycles. The van der Waals surface area contributed by atoms with Crippen LogP contribution in [0.5, 0.6) is 0 Å². The van der Waals surface area contributed by atoms with Crippen LogP contribution in [0.3, 0.4) is 0 Å². The molecule has 0 spiro atoms. The standard InChI is InChI=1S/C28H27F6N2/c1-2-19-17-36(16-18-11-22(27(29,30)31)15-23(12-18)28(32,33)34)10-8-20(19)13-24(36)14-21-7-9-35-26-6-4-3-5-25(21)26/h2-7,9,11-12,15,19-20,24H,1,8,10,13-14,16-17H2/q+1. The minimum atomic E-state index is -4.86. The Hall–Kier alpha value is -2.87. The molecule has 190 valence electrons. The average molecular weight is 506 g/mol. The monoisotopic (exact) mass is 505 g/mol. The van der Waals surface area contributed by atoms with Crippen LogP contribution < -0.4 is 0 Å². The molecule has 0 saturated carbocycles. The van der Waals surface area contributed by atoms with Crippen LogP contribution in [0, 0.1) is 11.8 Å². The van der Waals surface area contributed by atoms with Crippen molar-refractivity contribution in [1.29, 1.82) is 0 Å². The van der Waals surface area contributed by atoms with Crippen molar-refractivity contribution >= 4 is 10.9 Å². The number of aromatic nitrogens is 1. The maximum atomic E-state index is 13.5. The first-order valence-corrected chi connectivity index (χ1v) is 12.1. The van der Waals surface area contributed by atoms with Crippen LogP contribution in [0.2, 0.25) is 0 Å². The van der Waals surface area contributed by atoms with Crippen molar-refractivity contribution in [3.8, 4) is 0 Å². The molecular formula is C28H27F6N2+. The number of para-hydroxylation sites is 1. The highest BCUT2D eigenvalue weighted by atomic mass is 19.4. The number of fused-ring (bicyclic) bond motifs is 4. The Morgan fingerprint density at radius 1 is 0.972 bits per heavy atom. The molecule has 3 fully saturated rings. The molecule has 3 saturated heterocycles. The van der Waals surface area contributed by atoms with Crippen molar-refractivity contribution in [2.24, 2.45) is 11.8 Å². The number of pyridine rings is 1. The zero-order chi connectivity index (χ0) is 25.7. The summed E-state index contributed by atoms with van der Waals surface area (Å²) < 4.78 is 81.7. The van der Waals surface area contributed by atoms with Gasteiger partial charge in [-0.05, 0) is 41.8 Å². The number of hydrogen-bond donors (Lipinski definition) is 0. The first kappa shape index (κ1) is 24.8. The molecule has 6 rings (SSSR count). The number of rotatable bonds is 5. The first-order valence-electron chi connectivity index (χ1n) is 12.1. The Balaban J connectivity index is 1.55. The number of halogens is 6. The van der Waals surface area contributed by atoms with Gasteiger partial charge in [0.15, 0.2) is 0 Å². The molecule has 36 heavy (non-hydrogen) atoms. The number of benzene rings is 2. The second kappa shape index (κ2) is 8.91. The summed E-state index contributed by atoms with van der Waals surface area (Å²) >= 11 is 0. The van der Waals surface area contributed by atoms with Gasteiger partial charge >= 0.3 is 12.4 Å². The zero-order valence-electron chi connectivity index (χ0n) is 19.6. The lowest BCUT2D eigenvalue weighted by Gasteiger charge is -2.57. The van der Waals surface area contributed by atoms with E-state index in [4.69, 9.17) is 0 Å². The molecule has 3 aliphatic rings. The van der Waals surface area contributed by atoms with Crippen LogP contribution in [0.1, 0.15) is 35.1 Å². The van der Waals surface area contributed by atoms with Crippen LogP contribution in [0.25, 0.3) is 10.9 Å². The van der Waals surface area contributed by atoms with Gasteiger partial charge in [0.25, 0.3) is 0 Å². The van der Waals surface area contributed by atoms with Crippen LogP contribution in [-0.2, 0) is 25.3 Å². The SMILES string of the molecule is C=CC1C[N+]2(Cc3cc(C(F)(F)F)cc(C(F)(F)F)c3)CCC1CC2Cc1ccnc2ccccc12. The maximum Gasteiger partial charge on any atom is 0.416 e. The van der Waals surface area contributed by atoms with E-state index >= 15 is 0 Å². The fourth-order valence-electron chi connectivity index (χ4n) is 6.37. The van der Waals surface area contributed by atoms with Crippen LogP contribution in [0.15, 0.2) is 67.4 Å². The molecule has 0 amide bonds. The molecule has 2 nitrogen and oxygen atoms in total. The summed E-state index contributed by atoms with van der Waals surface area (Å²) in [6.07, 6.45) is -3.62. The van der Waals surface area contributed by atoms with Gasteiger partial charge in [-0.3, -0.25) is 4.98 Å². The highest BCUT2D eigenvalue weighted by Gasteiger charge is 2.51. The molecule has 0 aliphatic carbocycles. The van der Waals surface area contributed by atoms with Gasteiger partial charge in [0.1, 0.15) is 6.54 Å². The molecular weight excluding hydrogens is 478 g/mol. The van der Waals surface area contributed by atoms with Crippen LogP contribution in [0.4, 0.5) is 26.3 Å². The summed E-state index contributed by atoms with van der Waals surface area (Å²) in [5.74, 6) is 0.616. The fourth-order valence-corrected chi connectivity index (χ4v) is 6.37. The van der Waals surface area contributed by atoms with Gasteiger partial charge in [0.05, 0.1) is 35.8 Å². The Morgan fingerprint density at radius 2 is 1.67 bits per heavy atom. The molecule has 0 N–H and O–H groups in total. The van der Waals surface area contributed by atoms with Crippen LogP contribution in [-0.4, -0.2) is 28.6 Å². The van der Waals surface area contributed by atoms with Gasteiger partial charge in [0.2, 0.25) is 0 Å². The van der Waals surface area contributed by atoms with E-state index in [2.05, 4.69) is 11.6 Å². The number of quaternary nitrogens is 1. The predicted molar refractivity (Wildman–Crippen MR) is 126 cm³/mol. The average Bonchev–Trinajstić information content (AvgIpc) is 2.83. The molecule has 0 radical (unpaired) electrons. The van der Waals surface area contributed by atoms with Crippen LogP contribution >= 0.6 is 0 Å². The van der Waals surface area contributed by atoms with Crippen molar-refractivity contribution in [2.75, 3.05) is 13.1 Å². The lowest BCUT2D eigenvalue weighted by molar-refractivity contribution is -0.981. The molecule has 8 heteroatoms. The molecule has 4 atom stereocenters. The minimum Gasteiger partial charge on any atom is -0.317 e. The van der Waals surface area contributed by atoms with Gasteiger partial charge in [-0.2, -0.15) is 26.3 Å². The third-order valence-corrected chi connectivity index (χ3v) is 8.12. The molecule has 4 unspecified atom stereocenters. The predicted octanol–water partition coefficient (Wildman–Crippen LogP) is 7.43. The first-order chi connectivity index (χ1) is 17.0. The second-order valence-electron chi connectivity index (χ2n) is 10.2. The number of nitrogens with zero attached hydrogens (tertiary/aromatic N) is 2. The molecule has 3 aliphatic heterocycles. The smallest absolute Gasteiger partial charge is 0.317 e. The van der Waals surface area contributed by atoms with E-state index in [1.807, 2.05) is 36.4 Å². The van der Waals surface area contributed by atoms with E-state index in [9.17, 15) is 26.3 Å². The van der Waals surface area contributed by atoms with Crippen molar-refractivity contribution in [3.63, 3.8) is 0 Å². The highest BCUT2D eigenvalue weighted by Crippen LogP contribution is 2.46. The molecule has 2 bridgehead atoms. The highest BCUT2D eigenvalue weighted by molar-refractivity contribution is 5.81. The third kappa shape index (κ3) is 4.63. The van der Waals surface area contributed by atoms with Gasteiger partial charge in [-0.25, -0.2) is 0 Å². The fraction of sp³-hybridized carbons (Fsp3) is 0.393. The van der Waals surface area contributed by atoms with Crippen molar-refractivity contribution in [2.45, 2.75) is 44.2 Å². The third-order valence-electron chi connectivity index (χ3n) is 8.12. The summed E-state index contributed by atoms with van der Waals surface area (Å²) in [4.78, 5) is 4.43. The van der Waals surface area contributed by atoms with Crippen molar-refractivity contribution in [1.82, 2.24) is 4.98 Å². The summed E-state index contributed by atoms with van der Waals surface area (Å²) in [6.45, 7) is 5.48. The van der Waals surface area contributed by atoms with Gasteiger partial charge in [0, 0.05) is 42.3 Å². The summed E-state index contributed by atoms with van der Waals surface area (Å²) in [5.41, 5.74) is -0.464. The number of alkyl halides is 6. The lowest BCUT2D eigenvalue weighted by Crippen LogP contribution is -2.66. The van der Waals surface area contributed by atoms with E-state index < -0.39 is 23.5 Å². The van der Waals surface area contributed by atoms with E-state index in [1.165, 1.54) is 0 Å². The van der Waals surface area contributed by atoms with Crippen molar-refractivity contribution in [3.05, 3.63) is 89.6 Å². The maximum absolute atomic E-state index is 13.5. The number of piperidine rings is 3. The Morgan fingerprint density at radius 3 is 2.33 bits per heavy atom. The minimum absolute atomic E-state index is 0.0740.